The number of para-hydroxylation sites is 1. The zero-order valence-electron chi connectivity index (χ0n) is 15.4. The summed E-state index contributed by atoms with van der Waals surface area (Å²) in [5.74, 6) is 0.272. The SMILES string of the molecule is O=C(Cn1cc(-c2nc(-c3cccc(Br)c3)no2)ccc1=O)Nc1ccccc1Cl. The molecule has 1 N–H and O–H groups in total. The molecule has 0 atom stereocenters. The van der Waals surface area contributed by atoms with Crippen LogP contribution in [0.25, 0.3) is 22.8 Å². The molecule has 1 amide bonds. The van der Waals surface area contributed by atoms with Gasteiger partial charge in [0.15, 0.2) is 0 Å². The number of carbonyl (C=O) groups excluding carboxylic acids is 1. The molecule has 7 nitrogen and oxygen atoms in total. The number of rotatable bonds is 5. The van der Waals surface area contributed by atoms with Gasteiger partial charge in [-0.1, -0.05) is 57.0 Å². The summed E-state index contributed by atoms with van der Waals surface area (Å²) in [4.78, 5) is 29.0. The van der Waals surface area contributed by atoms with E-state index in [0.29, 0.717) is 22.1 Å². The molecule has 0 unspecified atom stereocenters. The van der Waals surface area contributed by atoms with Crippen molar-refractivity contribution >= 4 is 39.1 Å². The molecule has 0 saturated carbocycles. The minimum atomic E-state index is -0.386. The standard InChI is InChI=1S/C21H14BrClN4O3/c22-15-5-3-4-13(10-15)20-25-21(30-26-20)14-8-9-19(29)27(11-14)12-18(28)24-17-7-2-1-6-16(17)23/h1-11H,12H2,(H,24,28). The van der Waals surface area contributed by atoms with Crippen LogP contribution >= 0.6 is 27.5 Å². The number of carbonyl (C=O) groups is 1. The second-order valence-corrected chi connectivity index (χ2v) is 7.67. The molecule has 0 aliphatic heterocycles. The lowest BCUT2D eigenvalue weighted by molar-refractivity contribution is -0.116. The number of halogens is 2. The van der Waals surface area contributed by atoms with E-state index in [-0.39, 0.29) is 23.9 Å². The number of nitrogens with one attached hydrogen (secondary N) is 1. The normalized spacial score (nSPS) is 10.7. The van der Waals surface area contributed by atoms with Crippen molar-refractivity contribution in [2.75, 3.05) is 5.32 Å². The molecule has 2 heterocycles. The van der Waals surface area contributed by atoms with E-state index in [1.807, 2.05) is 24.3 Å². The maximum Gasteiger partial charge on any atom is 0.259 e. The lowest BCUT2D eigenvalue weighted by Gasteiger charge is -2.09. The van der Waals surface area contributed by atoms with Crippen molar-refractivity contribution in [3.63, 3.8) is 0 Å². The van der Waals surface area contributed by atoms with E-state index in [9.17, 15) is 9.59 Å². The first-order valence-corrected chi connectivity index (χ1v) is 10.0. The summed E-state index contributed by atoms with van der Waals surface area (Å²) < 4.78 is 7.51. The fourth-order valence-electron chi connectivity index (χ4n) is 2.77. The van der Waals surface area contributed by atoms with E-state index in [4.69, 9.17) is 16.1 Å². The Kier molecular flexibility index (Phi) is 5.78. The molecule has 0 radical (unpaired) electrons. The van der Waals surface area contributed by atoms with E-state index in [0.717, 1.165) is 10.0 Å². The molecule has 2 aromatic carbocycles. The summed E-state index contributed by atoms with van der Waals surface area (Å²) >= 11 is 9.47. The quantitative estimate of drug-likeness (QED) is 0.445. The number of hydrogen-bond donors (Lipinski definition) is 1. The van der Waals surface area contributed by atoms with Gasteiger partial charge in [-0.3, -0.25) is 9.59 Å². The Hall–Kier alpha value is -3.23. The lowest BCUT2D eigenvalue weighted by atomic mass is 10.2. The summed E-state index contributed by atoms with van der Waals surface area (Å²) in [6.07, 6.45) is 1.51. The third kappa shape index (κ3) is 4.50. The Bertz CT molecular complexity index is 1280. The average Bonchev–Trinajstić information content (AvgIpc) is 3.22. The van der Waals surface area contributed by atoms with Gasteiger partial charge in [0, 0.05) is 22.3 Å². The predicted octanol–water partition coefficient (Wildman–Crippen LogP) is 4.62. The van der Waals surface area contributed by atoms with Crippen molar-refractivity contribution in [3.8, 4) is 22.8 Å². The topological polar surface area (TPSA) is 90.0 Å². The molecule has 30 heavy (non-hydrogen) atoms. The van der Waals surface area contributed by atoms with Gasteiger partial charge < -0.3 is 14.4 Å². The zero-order chi connectivity index (χ0) is 21.1. The number of benzene rings is 2. The van der Waals surface area contributed by atoms with Gasteiger partial charge in [0.2, 0.25) is 11.7 Å². The Labute approximate surface area is 184 Å². The zero-order valence-corrected chi connectivity index (χ0v) is 17.7. The number of aromatic nitrogens is 3. The highest BCUT2D eigenvalue weighted by molar-refractivity contribution is 9.10. The third-order valence-electron chi connectivity index (χ3n) is 4.20. The molecule has 0 fully saturated rings. The smallest absolute Gasteiger partial charge is 0.259 e. The van der Waals surface area contributed by atoms with Gasteiger partial charge in [-0.2, -0.15) is 4.98 Å². The highest BCUT2D eigenvalue weighted by Crippen LogP contribution is 2.24. The number of pyridine rings is 1. The minimum absolute atomic E-state index is 0.190. The Morgan fingerprint density at radius 2 is 1.93 bits per heavy atom. The summed E-state index contributed by atoms with van der Waals surface area (Å²) in [7, 11) is 0. The molecule has 4 rings (SSSR count). The number of amides is 1. The molecule has 0 bridgehead atoms. The van der Waals surface area contributed by atoms with Gasteiger partial charge in [0.25, 0.3) is 11.4 Å². The summed E-state index contributed by atoms with van der Waals surface area (Å²) in [5, 5.41) is 7.10. The Morgan fingerprint density at radius 3 is 2.73 bits per heavy atom. The van der Waals surface area contributed by atoms with Crippen LogP contribution in [0.2, 0.25) is 5.02 Å². The predicted molar refractivity (Wildman–Crippen MR) is 117 cm³/mol. The first-order chi connectivity index (χ1) is 14.5. The number of anilines is 1. The molecule has 0 spiro atoms. The van der Waals surface area contributed by atoms with Gasteiger partial charge >= 0.3 is 0 Å². The highest BCUT2D eigenvalue weighted by Gasteiger charge is 2.13. The molecule has 0 aliphatic carbocycles. The van der Waals surface area contributed by atoms with Crippen LogP contribution in [0, 0.1) is 0 Å². The van der Waals surface area contributed by atoms with E-state index in [1.165, 1.54) is 16.8 Å². The second kappa shape index (κ2) is 8.64. The van der Waals surface area contributed by atoms with Crippen molar-refractivity contribution in [2.24, 2.45) is 0 Å². The number of hydrogen-bond acceptors (Lipinski definition) is 5. The lowest BCUT2D eigenvalue weighted by Crippen LogP contribution is -2.26. The van der Waals surface area contributed by atoms with Crippen LogP contribution in [0.1, 0.15) is 0 Å². The fourth-order valence-corrected chi connectivity index (χ4v) is 3.36. The fraction of sp³-hybridized carbons (Fsp3) is 0.0476. The summed E-state index contributed by atoms with van der Waals surface area (Å²) in [6, 6.07) is 17.3. The third-order valence-corrected chi connectivity index (χ3v) is 5.02. The minimum Gasteiger partial charge on any atom is -0.334 e. The van der Waals surface area contributed by atoms with Crippen LogP contribution in [0.5, 0.6) is 0 Å². The van der Waals surface area contributed by atoms with Crippen LogP contribution in [-0.2, 0) is 11.3 Å². The van der Waals surface area contributed by atoms with Crippen LogP contribution in [-0.4, -0.2) is 20.6 Å². The monoisotopic (exact) mass is 484 g/mol. The Balaban J connectivity index is 1.56. The Morgan fingerprint density at radius 1 is 1.10 bits per heavy atom. The molecule has 9 heteroatoms. The maximum absolute atomic E-state index is 12.4. The average molecular weight is 486 g/mol. The van der Waals surface area contributed by atoms with Gasteiger partial charge in [-0.25, -0.2) is 0 Å². The van der Waals surface area contributed by atoms with E-state index in [1.54, 1.807) is 30.3 Å². The molecule has 4 aromatic rings. The van der Waals surface area contributed by atoms with Crippen LogP contribution in [0.4, 0.5) is 5.69 Å². The largest absolute Gasteiger partial charge is 0.334 e. The van der Waals surface area contributed by atoms with E-state index < -0.39 is 0 Å². The molecular formula is C21H14BrClN4O3. The van der Waals surface area contributed by atoms with E-state index in [2.05, 4.69) is 31.4 Å². The van der Waals surface area contributed by atoms with Crippen LogP contribution < -0.4 is 10.9 Å². The second-order valence-electron chi connectivity index (χ2n) is 6.35. The molecule has 0 saturated heterocycles. The first-order valence-electron chi connectivity index (χ1n) is 8.84. The van der Waals surface area contributed by atoms with Gasteiger partial charge in [-0.15, -0.1) is 0 Å². The number of nitrogens with zero attached hydrogens (tertiary/aromatic N) is 3. The van der Waals surface area contributed by atoms with Crippen molar-refractivity contribution in [3.05, 3.63) is 86.7 Å². The van der Waals surface area contributed by atoms with Crippen LogP contribution in [0.3, 0.4) is 0 Å². The summed E-state index contributed by atoms with van der Waals surface area (Å²) in [6.45, 7) is -0.190. The first kappa shape index (κ1) is 20.1. The molecular weight excluding hydrogens is 472 g/mol. The van der Waals surface area contributed by atoms with Gasteiger partial charge in [-0.05, 0) is 30.3 Å². The maximum atomic E-state index is 12.4. The van der Waals surface area contributed by atoms with E-state index >= 15 is 0 Å². The van der Waals surface area contributed by atoms with Crippen molar-refractivity contribution < 1.29 is 9.32 Å². The highest BCUT2D eigenvalue weighted by atomic mass is 79.9. The molecule has 2 aromatic heterocycles. The molecule has 150 valence electrons. The molecule has 0 aliphatic rings. The van der Waals surface area contributed by atoms with Crippen molar-refractivity contribution in [1.82, 2.24) is 14.7 Å². The van der Waals surface area contributed by atoms with Crippen LogP contribution in [0.15, 0.2) is 80.7 Å². The van der Waals surface area contributed by atoms with Gasteiger partial charge in [0.05, 0.1) is 16.3 Å². The van der Waals surface area contributed by atoms with Gasteiger partial charge in [0.1, 0.15) is 6.54 Å². The van der Waals surface area contributed by atoms with Crippen molar-refractivity contribution in [2.45, 2.75) is 6.54 Å². The summed E-state index contributed by atoms with van der Waals surface area (Å²) in [5.41, 5.74) is 1.45. The van der Waals surface area contributed by atoms with Crippen molar-refractivity contribution in [1.29, 1.82) is 0 Å².